The second kappa shape index (κ2) is 5.06. The number of hydrogen-bond acceptors (Lipinski definition) is 3. The Balaban J connectivity index is 2.13. The first-order valence-electron chi connectivity index (χ1n) is 6.47. The van der Waals surface area contributed by atoms with E-state index >= 15 is 0 Å². The lowest BCUT2D eigenvalue weighted by Crippen LogP contribution is -2.41. The quantitative estimate of drug-likeness (QED) is 0.890. The number of carbonyl (C=O) groups is 1. The summed E-state index contributed by atoms with van der Waals surface area (Å²) in [7, 11) is 0. The molecule has 1 fully saturated rings. The fourth-order valence-corrected chi connectivity index (χ4v) is 2.50. The van der Waals surface area contributed by atoms with Gasteiger partial charge in [0.05, 0.1) is 5.56 Å². The molecule has 18 heavy (non-hydrogen) atoms. The maximum Gasteiger partial charge on any atom is 0.337 e. The predicted octanol–water partition coefficient (Wildman–Crippen LogP) is 2.15. The second-order valence-electron chi connectivity index (χ2n) is 5.23. The maximum absolute atomic E-state index is 10.8. The number of hydrogen-bond donors (Lipinski definition) is 1. The normalized spacial score (nSPS) is 19.7. The van der Waals surface area contributed by atoms with E-state index in [0.717, 1.165) is 38.2 Å². The van der Waals surface area contributed by atoms with Crippen molar-refractivity contribution in [3.05, 3.63) is 29.6 Å². The Morgan fingerprint density at radius 3 is 2.56 bits per heavy atom. The van der Waals surface area contributed by atoms with Gasteiger partial charge in [-0.25, -0.2) is 4.79 Å². The molecule has 0 radical (unpaired) electrons. The molecule has 0 atom stereocenters. The van der Waals surface area contributed by atoms with Crippen LogP contribution in [0.2, 0.25) is 0 Å². The van der Waals surface area contributed by atoms with Gasteiger partial charge in [0.2, 0.25) is 0 Å². The first kappa shape index (κ1) is 13.0. The SMILES string of the molecule is CCN1CCC(C)(c2ccc(C(=O)O)cn2)CC1. The van der Waals surface area contributed by atoms with Crippen molar-refractivity contribution in [2.45, 2.75) is 32.1 Å². The molecule has 0 aliphatic carbocycles. The van der Waals surface area contributed by atoms with Gasteiger partial charge in [-0.15, -0.1) is 0 Å². The number of pyridine rings is 1. The van der Waals surface area contributed by atoms with E-state index < -0.39 is 5.97 Å². The molecule has 1 aliphatic heterocycles. The standard InChI is InChI=1S/C14H20N2O2/c1-3-16-8-6-14(2,7-9-16)12-5-4-11(10-15-12)13(17)18/h4-5,10H,3,6-9H2,1-2H3,(H,17,18). The van der Waals surface area contributed by atoms with Crippen LogP contribution in [0.4, 0.5) is 0 Å². The molecule has 4 heteroatoms. The van der Waals surface area contributed by atoms with Gasteiger partial charge < -0.3 is 10.0 Å². The summed E-state index contributed by atoms with van der Waals surface area (Å²) in [6.45, 7) is 7.69. The van der Waals surface area contributed by atoms with E-state index in [1.165, 1.54) is 6.20 Å². The molecule has 1 aliphatic rings. The molecule has 0 spiro atoms. The minimum absolute atomic E-state index is 0.0860. The number of aromatic nitrogens is 1. The van der Waals surface area contributed by atoms with Crippen LogP contribution in [0.5, 0.6) is 0 Å². The molecular formula is C14H20N2O2. The van der Waals surface area contributed by atoms with Crippen molar-refractivity contribution in [2.75, 3.05) is 19.6 Å². The number of rotatable bonds is 3. The van der Waals surface area contributed by atoms with Crippen molar-refractivity contribution >= 4 is 5.97 Å². The highest BCUT2D eigenvalue weighted by molar-refractivity contribution is 5.87. The molecule has 1 aromatic heterocycles. The summed E-state index contributed by atoms with van der Waals surface area (Å²) in [6.07, 6.45) is 3.63. The Bertz CT molecular complexity index is 420. The summed E-state index contributed by atoms with van der Waals surface area (Å²) in [5, 5.41) is 8.87. The Labute approximate surface area is 108 Å². The first-order chi connectivity index (χ1) is 8.55. The fraction of sp³-hybridized carbons (Fsp3) is 0.571. The summed E-state index contributed by atoms with van der Waals surface area (Å²) in [4.78, 5) is 17.6. The van der Waals surface area contributed by atoms with E-state index in [4.69, 9.17) is 5.11 Å². The monoisotopic (exact) mass is 248 g/mol. The molecule has 2 rings (SSSR count). The topological polar surface area (TPSA) is 53.4 Å². The lowest BCUT2D eigenvalue weighted by atomic mass is 9.77. The van der Waals surface area contributed by atoms with Crippen molar-refractivity contribution in [3.8, 4) is 0 Å². The highest BCUT2D eigenvalue weighted by Gasteiger charge is 2.32. The van der Waals surface area contributed by atoms with Crippen molar-refractivity contribution < 1.29 is 9.90 Å². The summed E-state index contributed by atoms with van der Waals surface area (Å²) in [5.41, 5.74) is 1.36. The Hall–Kier alpha value is -1.42. The summed E-state index contributed by atoms with van der Waals surface area (Å²) in [6, 6.07) is 3.52. The minimum Gasteiger partial charge on any atom is -0.478 e. The zero-order valence-electron chi connectivity index (χ0n) is 11.0. The van der Waals surface area contributed by atoms with Crippen molar-refractivity contribution in [1.82, 2.24) is 9.88 Å². The molecule has 2 heterocycles. The third-order valence-electron chi connectivity index (χ3n) is 4.04. The Morgan fingerprint density at radius 2 is 2.11 bits per heavy atom. The highest BCUT2D eigenvalue weighted by atomic mass is 16.4. The second-order valence-corrected chi connectivity index (χ2v) is 5.23. The van der Waals surface area contributed by atoms with E-state index in [-0.39, 0.29) is 11.0 Å². The zero-order chi connectivity index (χ0) is 13.2. The molecule has 0 unspecified atom stereocenters. The summed E-state index contributed by atoms with van der Waals surface area (Å²) < 4.78 is 0. The van der Waals surface area contributed by atoms with Gasteiger partial charge in [-0.2, -0.15) is 0 Å². The van der Waals surface area contributed by atoms with Gasteiger partial charge in [0.25, 0.3) is 0 Å². The van der Waals surface area contributed by atoms with Crippen LogP contribution in [-0.4, -0.2) is 40.6 Å². The maximum atomic E-state index is 10.8. The minimum atomic E-state index is -0.917. The number of aromatic carboxylic acids is 1. The molecule has 0 saturated carbocycles. The number of piperidine rings is 1. The van der Waals surface area contributed by atoms with Crippen LogP contribution >= 0.6 is 0 Å². The van der Waals surface area contributed by atoms with E-state index in [9.17, 15) is 4.79 Å². The molecule has 1 aromatic rings. The Morgan fingerprint density at radius 1 is 1.44 bits per heavy atom. The number of carboxylic acids is 1. The van der Waals surface area contributed by atoms with E-state index in [1.54, 1.807) is 6.07 Å². The molecule has 0 bridgehead atoms. The lowest BCUT2D eigenvalue weighted by Gasteiger charge is -2.38. The van der Waals surface area contributed by atoms with Crippen LogP contribution in [0.1, 0.15) is 42.7 Å². The number of likely N-dealkylation sites (tertiary alicyclic amines) is 1. The van der Waals surface area contributed by atoms with Crippen LogP contribution in [0.25, 0.3) is 0 Å². The van der Waals surface area contributed by atoms with E-state index in [1.807, 2.05) is 6.07 Å². The van der Waals surface area contributed by atoms with Gasteiger partial charge in [0, 0.05) is 17.3 Å². The highest BCUT2D eigenvalue weighted by Crippen LogP contribution is 2.33. The van der Waals surface area contributed by atoms with Crippen LogP contribution < -0.4 is 0 Å². The third-order valence-corrected chi connectivity index (χ3v) is 4.04. The van der Waals surface area contributed by atoms with E-state index in [0.29, 0.717) is 0 Å². The average Bonchev–Trinajstić information content (AvgIpc) is 2.40. The van der Waals surface area contributed by atoms with Crippen molar-refractivity contribution in [3.63, 3.8) is 0 Å². The van der Waals surface area contributed by atoms with Crippen molar-refractivity contribution in [1.29, 1.82) is 0 Å². The average molecular weight is 248 g/mol. The fourth-order valence-electron chi connectivity index (χ4n) is 2.50. The van der Waals surface area contributed by atoms with Crippen LogP contribution in [0, 0.1) is 0 Å². The van der Waals surface area contributed by atoms with Gasteiger partial charge in [0.1, 0.15) is 0 Å². The molecule has 98 valence electrons. The lowest BCUT2D eigenvalue weighted by molar-refractivity contribution is 0.0696. The van der Waals surface area contributed by atoms with Crippen LogP contribution in [-0.2, 0) is 5.41 Å². The smallest absolute Gasteiger partial charge is 0.337 e. The summed E-state index contributed by atoms with van der Waals surface area (Å²) >= 11 is 0. The van der Waals surface area contributed by atoms with Gasteiger partial charge in [0.15, 0.2) is 0 Å². The molecule has 1 saturated heterocycles. The Kier molecular flexibility index (Phi) is 3.66. The van der Waals surface area contributed by atoms with Crippen molar-refractivity contribution in [2.24, 2.45) is 0 Å². The molecular weight excluding hydrogens is 228 g/mol. The first-order valence-corrected chi connectivity index (χ1v) is 6.47. The zero-order valence-corrected chi connectivity index (χ0v) is 11.0. The largest absolute Gasteiger partial charge is 0.478 e. The van der Waals surface area contributed by atoms with Gasteiger partial charge >= 0.3 is 5.97 Å². The van der Waals surface area contributed by atoms with Crippen LogP contribution in [0.15, 0.2) is 18.3 Å². The van der Waals surface area contributed by atoms with Crippen LogP contribution in [0.3, 0.4) is 0 Å². The number of carboxylic acid groups (broad SMARTS) is 1. The molecule has 0 aromatic carbocycles. The van der Waals surface area contributed by atoms with Gasteiger partial charge in [-0.05, 0) is 44.6 Å². The molecule has 1 N–H and O–H groups in total. The number of nitrogens with zero attached hydrogens (tertiary/aromatic N) is 2. The predicted molar refractivity (Wildman–Crippen MR) is 69.9 cm³/mol. The molecule has 4 nitrogen and oxygen atoms in total. The third kappa shape index (κ3) is 2.53. The van der Waals surface area contributed by atoms with Gasteiger partial charge in [-0.1, -0.05) is 13.8 Å². The molecule has 0 amide bonds. The van der Waals surface area contributed by atoms with E-state index in [2.05, 4.69) is 23.7 Å². The van der Waals surface area contributed by atoms with Gasteiger partial charge in [-0.3, -0.25) is 4.98 Å². The summed E-state index contributed by atoms with van der Waals surface area (Å²) in [5.74, 6) is -0.917.